The van der Waals surface area contributed by atoms with Crippen LogP contribution in [0.3, 0.4) is 0 Å². The first-order chi connectivity index (χ1) is 8.27. The van der Waals surface area contributed by atoms with Crippen molar-refractivity contribution in [2.75, 3.05) is 13.6 Å². The highest BCUT2D eigenvalue weighted by molar-refractivity contribution is 7.09. The average molecular weight is 252 g/mol. The fraction of sp³-hybridized carbons (Fsp3) is 0.714. The third kappa shape index (κ3) is 3.80. The molecule has 3 heteroatoms. The molecule has 1 aromatic heterocycles. The molecular weight excluding hydrogens is 228 g/mol. The van der Waals surface area contributed by atoms with E-state index in [9.17, 15) is 0 Å². The van der Waals surface area contributed by atoms with Crippen molar-refractivity contribution in [3.8, 4) is 0 Å². The maximum absolute atomic E-state index is 6.29. The molecule has 0 aliphatic heterocycles. The fourth-order valence-electron chi connectivity index (χ4n) is 2.77. The summed E-state index contributed by atoms with van der Waals surface area (Å²) in [4.78, 5) is 3.97. The summed E-state index contributed by atoms with van der Waals surface area (Å²) in [6.07, 6.45) is 7.68. The van der Waals surface area contributed by atoms with E-state index in [4.69, 9.17) is 5.73 Å². The summed E-state index contributed by atoms with van der Waals surface area (Å²) in [6.45, 7) is 1.14. The van der Waals surface area contributed by atoms with E-state index < -0.39 is 0 Å². The Morgan fingerprint density at radius 3 is 2.94 bits per heavy atom. The van der Waals surface area contributed by atoms with Crippen LogP contribution in [0.25, 0.3) is 0 Å². The molecule has 96 valence electrons. The molecule has 0 radical (unpaired) electrons. The van der Waals surface area contributed by atoms with Crippen LogP contribution in [0, 0.1) is 0 Å². The maximum atomic E-state index is 6.29. The SMILES string of the molecule is CN(CCc1cccs1)C1CCCCCC1N. The molecular formula is C14H24N2S. The predicted molar refractivity (Wildman–Crippen MR) is 75.5 cm³/mol. The van der Waals surface area contributed by atoms with Gasteiger partial charge in [-0.05, 0) is 37.8 Å². The number of hydrogen-bond acceptors (Lipinski definition) is 3. The van der Waals surface area contributed by atoms with Gasteiger partial charge in [-0.15, -0.1) is 11.3 Å². The highest BCUT2D eigenvalue weighted by Gasteiger charge is 2.23. The number of nitrogens with zero attached hydrogens (tertiary/aromatic N) is 1. The first-order valence-corrected chi connectivity index (χ1v) is 7.63. The lowest BCUT2D eigenvalue weighted by Crippen LogP contribution is -2.46. The lowest BCUT2D eigenvalue weighted by molar-refractivity contribution is 0.203. The van der Waals surface area contributed by atoms with Gasteiger partial charge in [0.15, 0.2) is 0 Å². The Kier molecular flexibility index (Phi) is 5.01. The van der Waals surface area contributed by atoms with Crippen LogP contribution in [0.15, 0.2) is 17.5 Å². The molecule has 2 atom stereocenters. The van der Waals surface area contributed by atoms with Crippen molar-refractivity contribution in [2.24, 2.45) is 5.73 Å². The molecule has 1 aliphatic rings. The number of rotatable bonds is 4. The molecule has 0 bridgehead atoms. The van der Waals surface area contributed by atoms with Crippen molar-refractivity contribution in [1.29, 1.82) is 0 Å². The Balaban J connectivity index is 1.83. The Morgan fingerprint density at radius 2 is 2.18 bits per heavy atom. The summed E-state index contributed by atoms with van der Waals surface area (Å²) in [6, 6.07) is 5.34. The zero-order valence-electron chi connectivity index (χ0n) is 10.8. The highest BCUT2D eigenvalue weighted by Crippen LogP contribution is 2.21. The minimum atomic E-state index is 0.380. The predicted octanol–water partition coefficient (Wildman–Crippen LogP) is 2.88. The molecule has 0 spiro atoms. The summed E-state index contributed by atoms with van der Waals surface area (Å²) >= 11 is 1.86. The third-order valence-electron chi connectivity index (χ3n) is 3.89. The van der Waals surface area contributed by atoms with E-state index in [0.717, 1.165) is 13.0 Å². The molecule has 2 unspecified atom stereocenters. The Hall–Kier alpha value is -0.380. The smallest absolute Gasteiger partial charge is 0.0244 e. The molecule has 2 rings (SSSR count). The van der Waals surface area contributed by atoms with Crippen LogP contribution < -0.4 is 5.73 Å². The third-order valence-corrected chi connectivity index (χ3v) is 4.82. The van der Waals surface area contributed by atoms with Crippen molar-refractivity contribution < 1.29 is 0 Å². The maximum Gasteiger partial charge on any atom is 0.0244 e. The molecule has 2 nitrogen and oxygen atoms in total. The topological polar surface area (TPSA) is 29.3 Å². The second kappa shape index (κ2) is 6.53. The number of hydrogen-bond donors (Lipinski definition) is 1. The van der Waals surface area contributed by atoms with Gasteiger partial charge in [-0.25, -0.2) is 0 Å². The van der Waals surface area contributed by atoms with E-state index in [1.165, 1.54) is 37.0 Å². The van der Waals surface area contributed by atoms with E-state index >= 15 is 0 Å². The molecule has 1 fully saturated rings. The zero-order valence-corrected chi connectivity index (χ0v) is 11.6. The number of nitrogens with two attached hydrogens (primary N) is 1. The van der Waals surface area contributed by atoms with Gasteiger partial charge in [0, 0.05) is 23.5 Å². The summed E-state index contributed by atoms with van der Waals surface area (Å²) < 4.78 is 0. The van der Waals surface area contributed by atoms with Crippen molar-refractivity contribution >= 4 is 11.3 Å². The zero-order chi connectivity index (χ0) is 12.1. The quantitative estimate of drug-likeness (QED) is 0.835. The van der Waals surface area contributed by atoms with Gasteiger partial charge in [-0.3, -0.25) is 0 Å². The number of thiophene rings is 1. The van der Waals surface area contributed by atoms with E-state index in [1.54, 1.807) is 0 Å². The van der Waals surface area contributed by atoms with Gasteiger partial charge in [0.25, 0.3) is 0 Å². The minimum Gasteiger partial charge on any atom is -0.326 e. The lowest BCUT2D eigenvalue weighted by atomic mass is 10.0. The molecule has 1 saturated carbocycles. The van der Waals surface area contributed by atoms with Crippen LogP contribution in [0.4, 0.5) is 0 Å². The molecule has 17 heavy (non-hydrogen) atoms. The lowest BCUT2D eigenvalue weighted by Gasteiger charge is -2.31. The average Bonchev–Trinajstić information content (AvgIpc) is 2.75. The molecule has 1 aromatic rings. The summed E-state index contributed by atoms with van der Waals surface area (Å²) in [7, 11) is 2.24. The minimum absolute atomic E-state index is 0.380. The second-order valence-electron chi connectivity index (χ2n) is 5.18. The number of likely N-dealkylation sites (N-methyl/N-ethyl adjacent to an activating group) is 1. The van der Waals surface area contributed by atoms with Gasteiger partial charge in [0.1, 0.15) is 0 Å². The van der Waals surface area contributed by atoms with E-state index in [2.05, 4.69) is 29.5 Å². The van der Waals surface area contributed by atoms with Crippen molar-refractivity contribution in [3.05, 3.63) is 22.4 Å². The molecule has 0 saturated heterocycles. The first-order valence-electron chi connectivity index (χ1n) is 6.75. The second-order valence-corrected chi connectivity index (χ2v) is 6.21. The Bertz CT molecular complexity index is 310. The molecule has 0 aromatic carbocycles. The Labute approximate surface area is 109 Å². The monoisotopic (exact) mass is 252 g/mol. The van der Waals surface area contributed by atoms with Gasteiger partial charge < -0.3 is 10.6 Å². The molecule has 1 aliphatic carbocycles. The van der Waals surface area contributed by atoms with Crippen molar-refractivity contribution in [3.63, 3.8) is 0 Å². The largest absolute Gasteiger partial charge is 0.326 e. The Morgan fingerprint density at radius 1 is 1.35 bits per heavy atom. The summed E-state index contributed by atoms with van der Waals surface area (Å²) in [5, 5.41) is 2.16. The fourth-order valence-corrected chi connectivity index (χ4v) is 3.47. The van der Waals surface area contributed by atoms with Crippen molar-refractivity contribution in [1.82, 2.24) is 4.90 Å². The van der Waals surface area contributed by atoms with Crippen LogP contribution in [-0.2, 0) is 6.42 Å². The normalized spacial score (nSPS) is 26.1. The van der Waals surface area contributed by atoms with Gasteiger partial charge >= 0.3 is 0 Å². The van der Waals surface area contributed by atoms with Crippen molar-refractivity contribution in [2.45, 2.75) is 50.6 Å². The van der Waals surface area contributed by atoms with Crippen LogP contribution in [0.5, 0.6) is 0 Å². The van der Waals surface area contributed by atoms with E-state index in [0.29, 0.717) is 12.1 Å². The highest BCUT2D eigenvalue weighted by atomic mass is 32.1. The van der Waals surface area contributed by atoms with Gasteiger partial charge in [-0.1, -0.05) is 25.3 Å². The van der Waals surface area contributed by atoms with Gasteiger partial charge in [-0.2, -0.15) is 0 Å². The van der Waals surface area contributed by atoms with Crippen LogP contribution in [0.2, 0.25) is 0 Å². The molecule has 2 N–H and O–H groups in total. The van der Waals surface area contributed by atoms with Crippen LogP contribution in [0.1, 0.15) is 37.0 Å². The summed E-state index contributed by atoms with van der Waals surface area (Å²) in [5.41, 5.74) is 6.29. The van der Waals surface area contributed by atoms with Gasteiger partial charge in [0.05, 0.1) is 0 Å². The van der Waals surface area contributed by atoms with Crippen LogP contribution in [-0.4, -0.2) is 30.6 Å². The summed E-state index contributed by atoms with van der Waals surface area (Å²) in [5.74, 6) is 0. The van der Waals surface area contributed by atoms with E-state index in [1.807, 2.05) is 11.3 Å². The standard InChI is InChI=1S/C14H24N2S/c1-16(10-9-12-6-5-11-17-12)14-8-4-2-3-7-13(14)15/h5-6,11,13-14H,2-4,7-10,15H2,1H3. The van der Waals surface area contributed by atoms with E-state index in [-0.39, 0.29) is 0 Å². The van der Waals surface area contributed by atoms with Gasteiger partial charge in [0.2, 0.25) is 0 Å². The van der Waals surface area contributed by atoms with Crippen LogP contribution >= 0.6 is 11.3 Å². The molecule has 1 heterocycles. The first kappa shape index (κ1) is 13.1. The molecule has 0 amide bonds.